The van der Waals surface area contributed by atoms with Crippen LogP contribution in [-0.4, -0.2) is 23.6 Å². The summed E-state index contributed by atoms with van der Waals surface area (Å²) in [7, 11) is 0. The van der Waals surface area contributed by atoms with Crippen molar-refractivity contribution >= 4 is 61.6 Å². The van der Waals surface area contributed by atoms with Crippen molar-refractivity contribution in [1.29, 1.82) is 0 Å². The van der Waals surface area contributed by atoms with Crippen molar-refractivity contribution in [1.82, 2.24) is 0 Å². The van der Waals surface area contributed by atoms with Crippen molar-refractivity contribution in [2.75, 3.05) is 0 Å². The van der Waals surface area contributed by atoms with Gasteiger partial charge in [0.15, 0.2) is 12.6 Å². The van der Waals surface area contributed by atoms with Crippen molar-refractivity contribution in [3.05, 3.63) is 83.4 Å². The van der Waals surface area contributed by atoms with Gasteiger partial charge in [-0.05, 0) is 85.6 Å². The molecule has 0 aliphatic heterocycles. The molecule has 4 heteroatoms. The van der Waals surface area contributed by atoms with Crippen LogP contribution in [0.2, 0.25) is 0 Å². The van der Waals surface area contributed by atoms with Gasteiger partial charge in [-0.25, -0.2) is 4.79 Å². The molecule has 138 valence electrons. The maximum Gasteiger partial charge on any atom is 0.337 e. The van der Waals surface area contributed by atoms with Crippen LogP contribution in [0.25, 0.3) is 43.1 Å². The fourth-order valence-corrected chi connectivity index (χ4v) is 4.09. The number of fused-ring (bicyclic) bond motifs is 4. The molecule has 29 heavy (non-hydrogen) atoms. The van der Waals surface area contributed by atoms with Crippen LogP contribution < -0.4 is 0 Å². The van der Waals surface area contributed by atoms with Gasteiger partial charge in [-0.15, -0.1) is 0 Å². The lowest BCUT2D eigenvalue weighted by Gasteiger charge is -2.11. The molecule has 0 bridgehead atoms. The fraction of sp³-hybridized carbons (Fsp3) is 0. The van der Waals surface area contributed by atoms with E-state index in [1.54, 1.807) is 12.1 Å². The van der Waals surface area contributed by atoms with Gasteiger partial charge in [0.05, 0.1) is 5.56 Å². The van der Waals surface area contributed by atoms with Gasteiger partial charge in [-0.1, -0.05) is 24.3 Å². The van der Waals surface area contributed by atoms with E-state index in [2.05, 4.69) is 30.3 Å². The molecule has 0 unspecified atom stereocenters. The third-order valence-electron chi connectivity index (χ3n) is 5.45. The third kappa shape index (κ3) is 2.57. The van der Waals surface area contributed by atoms with Crippen molar-refractivity contribution in [3.8, 4) is 0 Å². The van der Waals surface area contributed by atoms with E-state index in [1.807, 2.05) is 24.3 Å². The molecule has 0 aromatic heterocycles. The predicted octanol–water partition coefficient (Wildman–Crippen LogP) is 5.62. The molecule has 0 saturated carbocycles. The highest BCUT2D eigenvalue weighted by molar-refractivity contribution is 6.17. The van der Waals surface area contributed by atoms with E-state index in [4.69, 9.17) is 0 Å². The largest absolute Gasteiger partial charge is 0.478 e. The number of carboxylic acid groups (broad SMARTS) is 1. The number of hydrogen-bond acceptors (Lipinski definition) is 3. The highest BCUT2D eigenvalue weighted by Crippen LogP contribution is 2.33. The summed E-state index contributed by atoms with van der Waals surface area (Å²) in [5.74, 6) is -1.23. The Balaban J connectivity index is 1.92. The number of benzene rings is 5. The smallest absolute Gasteiger partial charge is 0.337 e. The molecular formula is C25H14O4. The molecular weight excluding hydrogens is 364 g/mol. The lowest BCUT2D eigenvalue weighted by atomic mass is 9.92. The molecule has 5 aromatic rings. The Hall–Kier alpha value is -4.05. The van der Waals surface area contributed by atoms with Gasteiger partial charge in [0, 0.05) is 11.1 Å². The molecule has 1 N–H and O–H groups in total. The molecule has 0 aliphatic carbocycles. The number of carboxylic acids is 1. The lowest BCUT2D eigenvalue weighted by Crippen LogP contribution is -2.06. The average molecular weight is 378 g/mol. The Bertz CT molecular complexity index is 1510. The van der Waals surface area contributed by atoms with Crippen molar-refractivity contribution in [3.63, 3.8) is 0 Å². The Morgan fingerprint density at radius 3 is 1.69 bits per heavy atom. The van der Waals surface area contributed by atoms with Crippen LogP contribution in [0.5, 0.6) is 0 Å². The first-order chi connectivity index (χ1) is 14.1. The number of rotatable bonds is 3. The van der Waals surface area contributed by atoms with Gasteiger partial charge in [0.2, 0.25) is 0 Å². The normalized spacial score (nSPS) is 11.3. The standard InChI is InChI=1S/C25H14O4/c26-12-21-10-20-9-18-7-16-5-14-3-1-2-4-15(14)6-17(16)8-19(18)11-22(20)24(25(28)29)23(21)13-27/h1-13H,(H,28,29). The second-order valence-corrected chi connectivity index (χ2v) is 7.11. The molecule has 4 nitrogen and oxygen atoms in total. The molecule has 0 radical (unpaired) electrons. The van der Waals surface area contributed by atoms with Gasteiger partial charge in [0.1, 0.15) is 0 Å². The van der Waals surface area contributed by atoms with E-state index in [9.17, 15) is 19.5 Å². The Kier molecular flexibility index (Phi) is 3.68. The maximum absolute atomic E-state index is 11.9. The second kappa shape index (κ2) is 6.24. The monoisotopic (exact) mass is 378 g/mol. The van der Waals surface area contributed by atoms with Crippen molar-refractivity contribution in [2.24, 2.45) is 0 Å². The van der Waals surface area contributed by atoms with E-state index < -0.39 is 5.97 Å². The summed E-state index contributed by atoms with van der Waals surface area (Å²) in [5.41, 5.74) is -0.151. The van der Waals surface area contributed by atoms with E-state index in [0.29, 0.717) is 23.3 Å². The van der Waals surface area contributed by atoms with Crippen LogP contribution in [-0.2, 0) is 0 Å². The van der Waals surface area contributed by atoms with Crippen LogP contribution >= 0.6 is 0 Å². The van der Waals surface area contributed by atoms with Crippen LogP contribution in [0.4, 0.5) is 0 Å². The number of aldehydes is 2. The highest BCUT2D eigenvalue weighted by atomic mass is 16.4. The molecule has 0 atom stereocenters. The number of aromatic carboxylic acids is 1. The molecule has 0 spiro atoms. The third-order valence-corrected chi connectivity index (χ3v) is 5.45. The van der Waals surface area contributed by atoms with Crippen LogP contribution in [0, 0.1) is 0 Å². The Morgan fingerprint density at radius 1 is 0.655 bits per heavy atom. The summed E-state index contributed by atoms with van der Waals surface area (Å²) < 4.78 is 0. The summed E-state index contributed by atoms with van der Waals surface area (Å²) in [5, 5.41) is 17.0. The molecule has 0 heterocycles. The average Bonchev–Trinajstić information content (AvgIpc) is 2.73. The summed E-state index contributed by atoms with van der Waals surface area (Å²) in [6.07, 6.45) is 0.954. The van der Waals surface area contributed by atoms with Gasteiger partial charge < -0.3 is 5.11 Å². The lowest BCUT2D eigenvalue weighted by molar-refractivity contribution is 0.0696. The maximum atomic E-state index is 11.9. The van der Waals surface area contributed by atoms with E-state index in [0.717, 1.165) is 32.3 Å². The van der Waals surface area contributed by atoms with Crippen molar-refractivity contribution in [2.45, 2.75) is 0 Å². The quantitative estimate of drug-likeness (QED) is 0.327. The molecule has 0 amide bonds. The zero-order valence-corrected chi connectivity index (χ0v) is 15.2. The summed E-state index contributed by atoms with van der Waals surface area (Å²) in [6.45, 7) is 0. The Morgan fingerprint density at radius 2 is 1.17 bits per heavy atom. The molecule has 5 aromatic carbocycles. The minimum absolute atomic E-state index is 0.0797. The molecule has 0 fully saturated rings. The topological polar surface area (TPSA) is 71.4 Å². The first-order valence-electron chi connectivity index (χ1n) is 9.10. The van der Waals surface area contributed by atoms with E-state index in [-0.39, 0.29) is 16.7 Å². The highest BCUT2D eigenvalue weighted by Gasteiger charge is 2.19. The van der Waals surface area contributed by atoms with Gasteiger partial charge >= 0.3 is 5.97 Å². The van der Waals surface area contributed by atoms with Crippen LogP contribution in [0.3, 0.4) is 0 Å². The fourth-order valence-electron chi connectivity index (χ4n) is 4.09. The molecule has 0 saturated heterocycles. The first kappa shape index (κ1) is 17.1. The van der Waals surface area contributed by atoms with Crippen LogP contribution in [0.15, 0.2) is 66.7 Å². The zero-order valence-electron chi connectivity index (χ0n) is 15.2. The first-order valence-corrected chi connectivity index (χ1v) is 9.10. The SMILES string of the molecule is O=Cc1cc2cc3cc4cc5ccccc5cc4cc3cc2c(C(=O)O)c1C=O. The number of carbonyl (C=O) groups is 3. The summed E-state index contributed by atoms with van der Waals surface area (Å²) in [6, 6.07) is 21.7. The van der Waals surface area contributed by atoms with Gasteiger partial charge in [0.25, 0.3) is 0 Å². The van der Waals surface area contributed by atoms with E-state index >= 15 is 0 Å². The zero-order chi connectivity index (χ0) is 20.1. The minimum atomic E-state index is -1.23. The van der Waals surface area contributed by atoms with Gasteiger partial charge in [-0.2, -0.15) is 0 Å². The predicted molar refractivity (Wildman–Crippen MR) is 114 cm³/mol. The summed E-state index contributed by atoms with van der Waals surface area (Å²) in [4.78, 5) is 34.8. The van der Waals surface area contributed by atoms with Crippen molar-refractivity contribution < 1.29 is 19.5 Å². The van der Waals surface area contributed by atoms with Gasteiger partial charge in [-0.3, -0.25) is 9.59 Å². The second-order valence-electron chi connectivity index (χ2n) is 7.11. The minimum Gasteiger partial charge on any atom is -0.478 e. The number of carbonyl (C=O) groups excluding carboxylic acids is 2. The number of hydrogen-bond donors (Lipinski definition) is 1. The molecule has 0 aliphatic rings. The van der Waals surface area contributed by atoms with Crippen LogP contribution in [0.1, 0.15) is 31.1 Å². The molecule has 5 rings (SSSR count). The Labute approximate surface area is 165 Å². The van der Waals surface area contributed by atoms with E-state index in [1.165, 1.54) is 0 Å². The summed E-state index contributed by atoms with van der Waals surface area (Å²) >= 11 is 0.